The van der Waals surface area contributed by atoms with Crippen molar-refractivity contribution in [1.29, 1.82) is 0 Å². The molecule has 2 amide bonds. The van der Waals surface area contributed by atoms with Crippen molar-refractivity contribution in [2.75, 3.05) is 13.1 Å². The van der Waals surface area contributed by atoms with Gasteiger partial charge in [-0.1, -0.05) is 44.0 Å². The molecule has 2 rings (SSSR count). The highest BCUT2D eigenvalue weighted by Gasteiger charge is 2.14. The van der Waals surface area contributed by atoms with Gasteiger partial charge in [0.2, 0.25) is 0 Å². The van der Waals surface area contributed by atoms with Gasteiger partial charge in [0.1, 0.15) is 0 Å². The van der Waals surface area contributed by atoms with E-state index >= 15 is 0 Å². The lowest BCUT2D eigenvalue weighted by molar-refractivity contribution is 0.199. The first-order chi connectivity index (χ1) is 9.31. The molecule has 1 N–H and O–H groups in total. The van der Waals surface area contributed by atoms with E-state index in [1.54, 1.807) is 0 Å². The predicted octanol–water partition coefficient (Wildman–Crippen LogP) is 3.33. The molecule has 0 radical (unpaired) electrons. The first kappa shape index (κ1) is 13.9. The Morgan fingerprint density at radius 1 is 1.11 bits per heavy atom. The summed E-state index contributed by atoms with van der Waals surface area (Å²) in [6.45, 7) is 4.59. The third kappa shape index (κ3) is 3.98. The predicted molar refractivity (Wildman–Crippen MR) is 78.1 cm³/mol. The van der Waals surface area contributed by atoms with Gasteiger partial charge in [0.25, 0.3) is 0 Å². The van der Waals surface area contributed by atoms with Crippen LogP contribution in [0.4, 0.5) is 4.79 Å². The fourth-order valence-electron chi connectivity index (χ4n) is 2.63. The zero-order valence-corrected chi connectivity index (χ0v) is 11.8. The molecule has 0 atom stereocenters. The Hall–Kier alpha value is -1.51. The number of nitrogens with zero attached hydrogens (tertiary/aromatic N) is 1. The monoisotopic (exact) mass is 260 g/mol. The van der Waals surface area contributed by atoms with Crippen LogP contribution in [0.5, 0.6) is 0 Å². The van der Waals surface area contributed by atoms with Crippen molar-refractivity contribution >= 4 is 6.03 Å². The lowest BCUT2D eigenvalue weighted by atomic mass is 10.1. The highest BCUT2D eigenvalue weighted by molar-refractivity contribution is 5.74. The Bertz CT molecular complexity index is 409. The first-order valence-corrected chi connectivity index (χ1v) is 7.41. The number of hydrogen-bond acceptors (Lipinski definition) is 1. The Morgan fingerprint density at radius 2 is 1.74 bits per heavy atom. The topological polar surface area (TPSA) is 32.3 Å². The van der Waals surface area contributed by atoms with E-state index in [2.05, 4.69) is 30.4 Å². The Kier molecular flexibility index (Phi) is 5.25. The SMILES string of the molecule is CCc1ccccc1CNC(=O)N1CCCCCC1. The van der Waals surface area contributed by atoms with Crippen molar-refractivity contribution in [3.05, 3.63) is 35.4 Å². The van der Waals surface area contributed by atoms with E-state index in [9.17, 15) is 4.79 Å². The fraction of sp³-hybridized carbons (Fsp3) is 0.562. The summed E-state index contributed by atoms with van der Waals surface area (Å²) < 4.78 is 0. The van der Waals surface area contributed by atoms with Gasteiger partial charge in [-0.3, -0.25) is 0 Å². The minimum Gasteiger partial charge on any atom is -0.334 e. The molecule has 3 heteroatoms. The number of hydrogen-bond donors (Lipinski definition) is 1. The Morgan fingerprint density at radius 3 is 2.37 bits per heavy atom. The molecule has 0 aliphatic carbocycles. The van der Waals surface area contributed by atoms with Crippen LogP contribution < -0.4 is 5.32 Å². The number of aryl methyl sites for hydroxylation is 1. The van der Waals surface area contributed by atoms with E-state index in [0.29, 0.717) is 6.54 Å². The van der Waals surface area contributed by atoms with E-state index in [0.717, 1.165) is 32.4 Å². The summed E-state index contributed by atoms with van der Waals surface area (Å²) in [6.07, 6.45) is 5.79. The maximum Gasteiger partial charge on any atom is 0.317 e. The maximum atomic E-state index is 12.1. The molecule has 1 fully saturated rings. The molecule has 0 spiro atoms. The molecule has 0 unspecified atom stereocenters. The first-order valence-electron chi connectivity index (χ1n) is 7.41. The summed E-state index contributed by atoms with van der Waals surface area (Å²) in [5.41, 5.74) is 2.55. The van der Waals surface area contributed by atoms with Crippen LogP contribution in [0.3, 0.4) is 0 Å². The molecule has 1 saturated heterocycles. The summed E-state index contributed by atoms with van der Waals surface area (Å²) in [5.74, 6) is 0. The largest absolute Gasteiger partial charge is 0.334 e. The van der Waals surface area contributed by atoms with Gasteiger partial charge in [0.05, 0.1) is 0 Å². The average Bonchev–Trinajstić information content (AvgIpc) is 2.74. The molecule has 19 heavy (non-hydrogen) atoms. The van der Waals surface area contributed by atoms with Crippen LogP contribution in [0.15, 0.2) is 24.3 Å². The Labute approximate surface area is 116 Å². The third-order valence-corrected chi connectivity index (χ3v) is 3.82. The summed E-state index contributed by atoms with van der Waals surface area (Å²) >= 11 is 0. The van der Waals surface area contributed by atoms with Crippen molar-refractivity contribution < 1.29 is 4.79 Å². The van der Waals surface area contributed by atoms with Crippen LogP contribution in [0.25, 0.3) is 0 Å². The zero-order valence-electron chi connectivity index (χ0n) is 11.8. The average molecular weight is 260 g/mol. The van der Waals surface area contributed by atoms with Gasteiger partial charge in [-0.2, -0.15) is 0 Å². The molecule has 1 aromatic rings. The van der Waals surface area contributed by atoms with Crippen LogP contribution in [0.1, 0.15) is 43.7 Å². The lowest BCUT2D eigenvalue weighted by Gasteiger charge is -2.21. The molecule has 3 nitrogen and oxygen atoms in total. The maximum absolute atomic E-state index is 12.1. The quantitative estimate of drug-likeness (QED) is 0.888. The number of benzene rings is 1. The number of urea groups is 1. The molecular formula is C16H24N2O. The minimum absolute atomic E-state index is 0.0906. The highest BCUT2D eigenvalue weighted by Crippen LogP contribution is 2.11. The van der Waals surface area contributed by atoms with Crippen molar-refractivity contribution in [3.8, 4) is 0 Å². The van der Waals surface area contributed by atoms with Gasteiger partial charge in [0, 0.05) is 19.6 Å². The molecule has 104 valence electrons. The summed E-state index contributed by atoms with van der Waals surface area (Å²) in [4.78, 5) is 14.1. The highest BCUT2D eigenvalue weighted by atomic mass is 16.2. The molecule has 0 aromatic heterocycles. The number of amides is 2. The molecule has 1 aliphatic heterocycles. The zero-order chi connectivity index (χ0) is 13.5. The Balaban J connectivity index is 1.88. The van der Waals surface area contributed by atoms with Gasteiger partial charge in [0.15, 0.2) is 0 Å². The van der Waals surface area contributed by atoms with E-state index in [1.807, 2.05) is 11.0 Å². The smallest absolute Gasteiger partial charge is 0.317 e. The van der Waals surface area contributed by atoms with Crippen LogP contribution in [0, 0.1) is 0 Å². The minimum atomic E-state index is 0.0906. The van der Waals surface area contributed by atoms with Crippen LogP contribution in [0.2, 0.25) is 0 Å². The van der Waals surface area contributed by atoms with Crippen LogP contribution in [-0.4, -0.2) is 24.0 Å². The standard InChI is InChI=1S/C16H24N2O/c1-2-14-9-5-6-10-15(14)13-17-16(19)18-11-7-3-4-8-12-18/h5-6,9-10H,2-4,7-8,11-13H2,1H3,(H,17,19). The van der Waals surface area contributed by atoms with E-state index in [4.69, 9.17) is 0 Å². The fourth-order valence-corrected chi connectivity index (χ4v) is 2.63. The van der Waals surface area contributed by atoms with Gasteiger partial charge >= 0.3 is 6.03 Å². The number of rotatable bonds is 3. The summed E-state index contributed by atoms with van der Waals surface area (Å²) in [6, 6.07) is 8.41. The molecule has 0 bridgehead atoms. The van der Waals surface area contributed by atoms with Crippen molar-refractivity contribution in [1.82, 2.24) is 10.2 Å². The lowest BCUT2D eigenvalue weighted by Crippen LogP contribution is -2.40. The second-order valence-electron chi connectivity index (χ2n) is 5.18. The molecular weight excluding hydrogens is 236 g/mol. The van der Waals surface area contributed by atoms with E-state index in [-0.39, 0.29) is 6.03 Å². The van der Waals surface area contributed by atoms with Gasteiger partial charge in [-0.15, -0.1) is 0 Å². The van der Waals surface area contributed by atoms with Crippen molar-refractivity contribution in [3.63, 3.8) is 0 Å². The number of nitrogens with one attached hydrogen (secondary N) is 1. The third-order valence-electron chi connectivity index (χ3n) is 3.82. The second kappa shape index (κ2) is 7.17. The normalized spacial score (nSPS) is 15.9. The molecule has 1 aromatic carbocycles. The molecule has 1 heterocycles. The molecule has 0 saturated carbocycles. The number of likely N-dealkylation sites (tertiary alicyclic amines) is 1. The summed E-state index contributed by atoms with van der Waals surface area (Å²) in [5, 5.41) is 3.06. The van der Waals surface area contributed by atoms with E-state index < -0.39 is 0 Å². The second-order valence-corrected chi connectivity index (χ2v) is 5.18. The van der Waals surface area contributed by atoms with Gasteiger partial charge in [-0.25, -0.2) is 4.79 Å². The van der Waals surface area contributed by atoms with E-state index in [1.165, 1.54) is 24.0 Å². The van der Waals surface area contributed by atoms with Gasteiger partial charge in [-0.05, 0) is 30.4 Å². The summed E-state index contributed by atoms with van der Waals surface area (Å²) in [7, 11) is 0. The van der Waals surface area contributed by atoms with Crippen molar-refractivity contribution in [2.45, 2.75) is 45.6 Å². The number of carbonyl (C=O) groups excluding carboxylic acids is 1. The molecule has 1 aliphatic rings. The van der Waals surface area contributed by atoms with Crippen molar-refractivity contribution in [2.24, 2.45) is 0 Å². The van der Waals surface area contributed by atoms with Crippen LogP contribution >= 0.6 is 0 Å². The van der Waals surface area contributed by atoms with Crippen LogP contribution in [-0.2, 0) is 13.0 Å². The van der Waals surface area contributed by atoms with Gasteiger partial charge < -0.3 is 10.2 Å². The number of carbonyl (C=O) groups is 1.